The molecule has 0 bridgehead atoms. The van der Waals surface area contributed by atoms with Gasteiger partial charge in [0.1, 0.15) is 5.75 Å². The Balaban J connectivity index is 2.43. The first-order valence-electron chi connectivity index (χ1n) is 4.69. The van der Waals surface area contributed by atoms with Gasteiger partial charge in [-0.2, -0.15) is 0 Å². The average Bonchev–Trinajstić information content (AvgIpc) is 2.29. The molecular formula is C11H14O2. The van der Waals surface area contributed by atoms with Gasteiger partial charge in [-0.15, -0.1) is 0 Å². The summed E-state index contributed by atoms with van der Waals surface area (Å²) in [5.74, 6) is 0.843. The van der Waals surface area contributed by atoms with E-state index in [9.17, 15) is 5.11 Å². The average molecular weight is 178 g/mol. The fourth-order valence-corrected chi connectivity index (χ4v) is 1.67. The van der Waals surface area contributed by atoms with Crippen molar-refractivity contribution in [2.75, 3.05) is 6.61 Å². The minimum atomic E-state index is -0.350. The van der Waals surface area contributed by atoms with E-state index in [0.717, 1.165) is 24.2 Å². The largest absolute Gasteiger partial charge is 0.493 e. The molecule has 0 fully saturated rings. The van der Waals surface area contributed by atoms with Crippen molar-refractivity contribution in [3.8, 4) is 5.75 Å². The monoisotopic (exact) mass is 178 g/mol. The van der Waals surface area contributed by atoms with Gasteiger partial charge in [0.05, 0.1) is 12.7 Å². The second-order valence-electron chi connectivity index (χ2n) is 3.55. The summed E-state index contributed by atoms with van der Waals surface area (Å²) in [6, 6.07) is 5.96. The van der Waals surface area contributed by atoms with Crippen molar-refractivity contribution >= 4 is 0 Å². The van der Waals surface area contributed by atoms with Gasteiger partial charge in [-0.1, -0.05) is 11.6 Å². The number of hydrogen-bond donors (Lipinski definition) is 1. The van der Waals surface area contributed by atoms with Crippen LogP contribution in [0.5, 0.6) is 5.75 Å². The zero-order valence-corrected chi connectivity index (χ0v) is 7.79. The second-order valence-corrected chi connectivity index (χ2v) is 3.55. The third kappa shape index (κ3) is 1.68. The number of hydrogen-bond acceptors (Lipinski definition) is 2. The minimum Gasteiger partial charge on any atom is -0.493 e. The molecule has 1 aromatic carbocycles. The van der Waals surface area contributed by atoms with Crippen LogP contribution in [-0.4, -0.2) is 11.7 Å². The van der Waals surface area contributed by atoms with Gasteiger partial charge >= 0.3 is 0 Å². The fourth-order valence-electron chi connectivity index (χ4n) is 1.67. The van der Waals surface area contributed by atoms with Gasteiger partial charge in [-0.3, -0.25) is 0 Å². The Bertz CT molecular complexity index is 307. The first kappa shape index (κ1) is 8.57. The number of rotatable bonds is 0. The lowest BCUT2D eigenvalue weighted by Crippen LogP contribution is -1.96. The molecule has 1 N–H and O–H groups in total. The van der Waals surface area contributed by atoms with Crippen LogP contribution in [0, 0.1) is 6.92 Å². The van der Waals surface area contributed by atoms with Gasteiger partial charge in [-0.05, 0) is 31.9 Å². The van der Waals surface area contributed by atoms with Gasteiger partial charge in [0, 0.05) is 5.56 Å². The smallest absolute Gasteiger partial charge is 0.125 e. The molecule has 2 rings (SSSR count). The standard InChI is InChI=1S/C11H14O2/c1-8-4-5-11-9(7-8)10(12)3-2-6-13-11/h4-5,7,10,12H,2-3,6H2,1H3/t10-/m1/s1. The van der Waals surface area contributed by atoms with Crippen LogP contribution in [0.2, 0.25) is 0 Å². The Kier molecular flexibility index (Phi) is 2.23. The summed E-state index contributed by atoms with van der Waals surface area (Å²) in [6.45, 7) is 2.74. The van der Waals surface area contributed by atoms with Gasteiger partial charge in [-0.25, -0.2) is 0 Å². The zero-order chi connectivity index (χ0) is 9.26. The van der Waals surface area contributed by atoms with Crippen molar-refractivity contribution in [1.29, 1.82) is 0 Å². The summed E-state index contributed by atoms with van der Waals surface area (Å²) in [4.78, 5) is 0. The highest BCUT2D eigenvalue weighted by Crippen LogP contribution is 2.31. The lowest BCUT2D eigenvalue weighted by molar-refractivity contribution is 0.167. The molecule has 0 saturated carbocycles. The molecule has 1 heterocycles. The van der Waals surface area contributed by atoms with E-state index in [2.05, 4.69) is 0 Å². The molecule has 1 aliphatic heterocycles. The van der Waals surface area contributed by atoms with Gasteiger partial charge in [0.15, 0.2) is 0 Å². The van der Waals surface area contributed by atoms with Crippen LogP contribution in [0.15, 0.2) is 18.2 Å². The molecule has 1 aliphatic rings. The van der Waals surface area contributed by atoms with Crippen LogP contribution in [0.1, 0.15) is 30.1 Å². The van der Waals surface area contributed by atoms with E-state index in [-0.39, 0.29) is 6.10 Å². The fraction of sp³-hybridized carbons (Fsp3) is 0.455. The SMILES string of the molecule is Cc1ccc2c(c1)[C@H](O)CCCO2. The second kappa shape index (κ2) is 3.38. The number of aliphatic hydroxyl groups is 1. The molecule has 0 aromatic heterocycles. The van der Waals surface area contributed by atoms with E-state index in [4.69, 9.17) is 4.74 Å². The van der Waals surface area contributed by atoms with Gasteiger partial charge in [0.2, 0.25) is 0 Å². The molecule has 70 valence electrons. The van der Waals surface area contributed by atoms with Crippen LogP contribution in [0.4, 0.5) is 0 Å². The molecule has 13 heavy (non-hydrogen) atoms. The highest BCUT2D eigenvalue weighted by atomic mass is 16.5. The van der Waals surface area contributed by atoms with Crippen LogP contribution in [0.3, 0.4) is 0 Å². The van der Waals surface area contributed by atoms with Gasteiger partial charge < -0.3 is 9.84 Å². The molecule has 0 spiro atoms. The summed E-state index contributed by atoms with van der Waals surface area (Å²) >= 11 is 0. The Morgan fingerprint density at radius 1 is 1.46 bits per heavy atom. The Morgan fingerprint density at radius 3 is 3.15 bits per heavy atom. The minimum absolute atomic E-state index is 0.350. The number of ether oxygens (including phenoxy) is 1. The van der Waals surface area contributed by atoms with Crippen molar-refractivity contribution in [2.24, 2.45) is 0 Å². The van der Waals surface area contributed by atoms with Crippen LogP contribution < -0.4 is 4.74 Å². The Hall–Kier alpha value is -1.02. The van der Waals surface area contributed by atoms with Crippen LogP contribution in [0.25, 0.3) is 0 Å². The highest BCUT2D eigenvalue weighted by molar-refractivity contribution is 5.38. The molecule has 0 radical (unpaired) electrons. The molecule has 0 saturated heterocycles. The molecule has 1 aromatic rings. The van der Waals surface area contributed by atoms with Crippen LogP contribution >= 0.6 is 0 Å². The highest BCUT2D eigenvalue weighted by Gasteiger charge is 2.16. The Labute approximate surface area is 78.2 Å². The topological polar surface area (TPSA) is 29.5 Å². The lowest BCUT2D eigenvalue weighted by Gasteiger charge is -2.11. The zero-order valence-electron chi connectivity index (χ0n) is 7.79. The molecule has 1 atom stereocenters. The summed E-state index contributed by atoms with van der Waals surface area (Å²) in [5.41, 5.74) is 2.11. The summed E-state index contributed by atoms with van der Waals surface area (Å²) < 4.78 is 5.51. The predicted molar refractivity (Wildman–Crippen MR) is 50.9 cm³/mol. The molecule has 0 aliphatic carbocycles. The van der Waals surface area contributed by atoms with E-state index in [1.54, 1.807) is 0 Å². The van der Waals surface area contributed by atoms with E-state index in [1.807, 2.05) is 25.1 Å². The Morgan fingerprint density at radius 2 is 2.31 bits per heavy atom. The third-order valence-electron chi connectivity index (χ3n) is 2.40. The maximum absolute atomic E-state index is 9.79. The molecule has 0 amide bonds. The van der Waals surface area contributed by atoms with Crippen molar-refractivity contribution in [3.63, 3.8) is 0 Å². The van der Waals surface area contributed by atoms with Crippen LogP contribution in [-0.2, 0) is 0 Å². The maximum atomic E-state index is 9.79. The summed E-state index contributed by atoms with van der Waals surface area (Å²) in [6.07, 6.45) is 1.38. The maximum Gasteiger partial charge on any atom is 0.125 e. The molecule has 0 unspecified atom stereocenters. The molecule has 2 nitrogen and oxygen atoms in total. The summed E-state index contributed by atoms with van der Waals surface area (Å²) in [5, 5.41) is 9.79. The molecule has 2 heteroatoms. The van der Waals surface area contributed by atoms with E-state index in [0.29, 0.717) is 6.61 Å². The van der Waals surface area contributed by atoms with E-state index in [1.165, 1.54) is 5.56 Å². The predicted octanol–water partition coefficient (Wildman–Crippen LogP) is 2.20. The van der Waals surface area contributed by atoms with Crippen molar-refractivity contribution < 1.29 is 9.84 Å². The number of aryl methyl sites for hydroxylation is 1. The lowest BCUT2D eigenvalue weighted by atomic mass is 10.0. The first-order chi connectivity index (χ1) is 6.27. The van der Waals surface area contributed by atoms with Crippen molar-refractivity contribution in [1.82, 2.24) is 0 Å². The molecular weight excluding hydrogens is 164 g/mol. The van der Waals surface area contributed by atoms with E-state index < -0.39 is 0 Å². The quantitative estimate of drug-likeness (QED) is 0.660. The normalized spacial score (nSPS) is 21.5. The van der Waals surface area contributed by atoms with Gasteiger partial charge in [0.25, 0.3) is 0 Å². The number of benzene rings is 1. The van der Waals surface area contributed by atoms with Crippen molar-refractivity contribution in [3.05, 3.63) is 29.3 Å². The third-order valence-corrected chi connectivity index (χ3v) is 2.40. The van der Waals surface area contributed by atoms with E-state index >= 15 is 0 Å². The first-order valence-corrected chi connectivity index (χ1v) is 4.69. The number of fused-ring (bicyclic) bond motifs is 1. The summed E-state index contributed by atoms with van der Waals surface area (Å²) in [7, 11) is 0. The number of aliphatic hydroxyl groups excluding tert-OH is 1. The van der Waals surface area contributed by atoms with Crippen molar-refractivity contribution in [2.45, 2.75) is 25.9 Å².